The molecular formula is C23H24Cl2N4O4S2. The molecule has 2 aliphatic heterocycles. The molecule has 2 fully saturated rings. The van der Waals surface area contributed by atoms with Crippen LogP contribution in [0.1, 0.15) is 12.8 Å². The Kier molecular flexibility index (Phi) is 7.20. The normalized spacial score (nSPS) is 25.9. The molecule has 12 heteroatoms. The summed E-state index contributed by atoms with van der Waals surface area (Å²) in [6.45, 7) is 2.44. The summed E-state index contributed by atoms with van der Waals surface area (Å²) in [5, 5.41) is 3.11. The number of carbonyl (C=O) groups is 1. The van der Waals surface area contributed by atoms with Gasteiger partial charge in [0.1, 0.15) is 0 Å². The number of allylic oxidation sites excluding steroid dienone is 3. The molecule has 5 rings (SSSR count). The predicted octanol–water partition coefficient (Wildman–Crippen LogP) is 4.02. The number of hydrogen-bond donors (Lipinski definition) is 1. The van der Waals surface area contributed by atoms with E-state index in [0.717, 1.165) is 6.42 Å². The molecule has 3 heterocycles. The second-order valence-corrected chi connectivity index (χ2v) is 12.0. The predicted molar refractivity (Wildman–Crippen MR) is 137 cm³/mol. The molecule has 8 nitrogen and oxygen atoms in total. The molecule has 35 heavy (non-hydrogen) atoms. The minimum Gasteiger partial charge on any atom is -0.375 e. The first kappa shape index (κ1) is 24.7. The average molecular weight is 556 g/mol. The third-order valence-corrected chi connectivity index (χ3v) is 9.45. The Balaban J connectivity index is 1.24. The number of benzene rings is 1. The molecule has 2 saturated heterocycles. The van der Waals surface area contributed by atoms with Crippen molar-refractivity contribution in [2.75, 3.05) is 35.9 Å². The van der Waals surface area contributed by atoms with Gasteiger partial charge in [0, 0.05) is 42.8 Å². The number of hydrogen-bond acceptors (Lipinski definition) is 7. The van der Waals surface area contributed by atoms with E-state index in [1.54, 1.807) is 22.4 Å². The van der Waals surface area contributed by atoms with Gasteiger partial charge in [-0.15, -0.1) is 11.3 Å². The van der Waals surface area contributed by atoms with Gasteiger partial charge < -0.3 is 9.64 Å². The van der Waals surface area contributed by atoms with Gasteiger partial charge in [-0.2, -0.15) is 0 Å². The standard InChI is InChI=1S/C23H24Cl2N4O4S2/c24-18-6-1-15(13-19(18)25)21-14-28(10-11-33-21)20-7-9-29(22(20)30)16-2-4-17(5-3-16)35(31,32)27-23-26-8-12-34-23/h2-6,8,12-13,15,20-21H,1,7,9-11,14H2,(H,26,27)/t15?,20-,21+/m0/s1. The number of anilines is 2. The zero-order valence-corrected chi connectivity index (χ0v) is 21.8. The SMILES string of the molecule is O=C1[C@@H](N2CCO[C@@H](C3C=C(Cl)C(Cl)=CC3)C2)CCN1c1ccc(S(=O)(=O)Nc2nccs2)cc1. The summed E-state index contributed by atoms with van der Waals surface area (Å²) in [6, 6.07) is 6.12. The van der Waals surface area contributed by atoms with Crippen molar-refractivity contribution in [3.8, 4) is 0 Å². The summed E-state index contributed by atoms with van der Waals surface area (Å²) in [5.74, 6) is 0.134. The van der Waals surface area contributed by atoms with Gasteiger partial charge in [0.05, 0.1) is 33.7 Å². The topological polar surface area (TPSA) is 91.8 Å². The van der Waals surface area contributed by atoms with E-state index >= 15 is 0 Å². The lowest BCUT2D eigenvalue weighted by molar-refractivity contribution is -0.125. The number of aromatic nitrogens is 1. The molecule has 1 aromatic carbocycles. The number of thiazole rings is 1. The summed E-state index contributed by atoms with van der Waals surface area (Å²) < 4.78 is 33.6. The van der Waals surface area contributed by atoms with E-state index in [-0.39, 0.29) is 28.9 Å². The summed E-state index contributed by atoms with van der Waals surface area (Å²) in [4.78, 5) is 21.3. The van der Waals surface area contributed by atoms with Crippen molar-refractivity contribution in [3.63, 3.8) is 0 Å². The average Bonchev–Trinajstić information content (AvgIpc) is 3.50. The quantitative estimate of drug-likeness (QED) is 0.579. The Morgan fingerprint density at radius 1 is 1.14 bits per heavy atom. The highest BCUT2D eigenvalue weighted by molar-refractivity contribution is 7.93. The Morgan fingerprint density at radius 2 is 1.94 bits per heavy atom. The first-order chi connectivity index (χ1) is 16.8. The molecule has 1 aliphatic carbocycles. The van der Waals surface area contributed by atoms with Crippen LogP contribution in [0.2, 0.25) is 0 Å². The Labute approximate surface area is 218 Å². The number of carbonyl (C=O) groups excluding carboxylic acids is 1. The van der Waals surface area contributed by atoms with Crippen molar-refractivity contribution in [1.29, 1.82) is 0 Å². The van der Waals surface area contributed by atoms with Crippen LogP contribution in [0.25, 0.3) is 0 Å². The Bertz CT molecular complexity index is 1250. The van der Waals surface area contributed by atoms with Crippen LogP contribution in [-0.4, -0.2) is 62.6 Å². The molecule has 1 amide bonds. The molecule has 3 atom stereocenters. The third-order valence-electron chi connectivity index (χ3n) is 6.49. The second-order valence-electron chi connectivity index (χ2n) is 8.60. The lowest BCUT2D eigenvalue weighted by atomic mass is 9.93. The van der Waals surface area contributed by atoms with Crippen LogP contribution in [0.3, 0.4) is 0 Å². The zero-order valence-electron chi connectivity index (χ0n) is 18.6. The monoisotopic (exact) mass is 554 g/mol. The summed E-state index contributed by atoms with van der Waals surface area (Å²) >= 11 is 13.5. The second kappa shape index (κ2) is 10.2. The minimum absolute atomic E-state index is 0.0160. The summed E-state index contributed by atoms with van der Waals surface area (Å²) in [5.41, 5.74) is 0.678. The van der Waals surface area contributed by atoms with Crippen molar-refractivity contribution in [2.24, 2.45) is 5.92 Å². The van der Waals surface area contributed by atoms with Crippen LogP contribution < -0.4 is 9.62 Å². The number of nitrogens with one attached hydrogen (secondary N) is 1. The number of sulfonamides is 1. The van der Waals surface area contributed by atoms with Gasteiger partial charge in [-0.05, 0) is 37.1 Å². The first-order valence-corrected chi connectivity index (χ1v) is 14.4. The zero-order chi connectivity index (χ0) is 24.6. The summed E-state index contributed by atoms with van der Waals surface area (Å²) in [6.07, 6.45) is 6.78. The fourth-order valence-corrected chi connectivity index (χ4v) is 6.86. The lowest BCUT2D eigenvalue weighted by Crippen LogP contribution is -2.52. The summed E-state index contributed by atoms with van der Waals surface area (Å²) in [7, 11) is -3.74. The van der Waals surface area contributed by atoms with Crippen LogP contribution in [0.5, 0.6) is 0 Å². The van der Waals surface area contributed by atoms with Crippen LogP contribution in [0.4, 0.5) is 10.8 Å². The van der Waals surface area contributed by atoms with Crippen molar-refractivity contribution < 1.29 is 17.9 Å². The maximum Gasteiger partial charge on any atom is 0.263 e. The number of morpholine rings is 1. The minimum atomic E-state index is -3.74. The molecule has 0 spiro atoms. The highest BCUT2D eigenvalue weighted by Crippen LogP contribution is 2.33. The molecule has 0 saturated carbocycles. The van der Waals surface area contributed by atoms with Gasteiger partial charge in [-0.25, -0.2) is 13.4 Å². The molecule has 3 aliphatic rings. The van der Waals surface area contributed by atoms with E-state index in [0.29, 0.717) is 53.5 Å². The Morgan fingerprint density at radius 3 is 2.66 bits per heavy atom. The molecule has 0 bridgehead atoms. The van der Waals surface area contributed by atoms with Crippen LogP contribution in [-0.2, 0) is 19.6 Å². The van der Waals surface area contributed by atoms with E-state index in [1.165, 1.54) is 29.7 Å². The van der Waals surface area contributed by atoms with E-state index in [1.807, 2.05) is 12.2 Å². The molecule has 1 N–H and O–H groups in total. The lowest BCUT2D eigenvalue weighted by Gasteiger charge is -2.39. The number of ether oxygens (including phenoxy) is 1. The van der Waals surface area contributed by atoms with Crippen LogP contribution in [0, 0.1) is 5.92 Å². The van der Waals surface area contributed by atoms with Gasteiger partial charge in [-0.3, -0.25) is 14.4 Å². The van der Waals surface area contributed by atoms with Gasteiger partial charge >= 0.3 is 0 Å². The largest absolute Gasteiger partial charge is 0.375 e. The molecule has 1 unspecified atom stereocenters. The first-order valence-electron chi connectivity index (χ1n) is 11.2. The Hall–Kier alpha value is -1.95. The van der Waals surface area contributed by atoms with E-state index < -0.39 is 10.0 Å². The molecule has 1 aromatic heterocycles. The number of nitrogens with zero attached hydrogens (tertiary/aromatic N) is 3. The van der Waals surface area contributed by atoms with Crippen LogP contribution in [0.15, 0.2) is 63.0 Å². The number of rotatable bonds is 6. The van der Waals surface area contributed by atoms with E-state index in [9.17, 15) is 13.2 Å². The van der Waals surface area contributed by atoms with Crippen molar-refractivity contribution in [1.82, 2.24) is 9.88 Å². The molecule has 2 aromatic rings. The van der Waals surface area contributed by atoms with E-state index in [4.69, 9.17) is 27.9 Å². The van der Waals surface area contributed by atoms with Crippen molar-refractivity contribution in [2.45, 2.75) is 29.9 Å². The van der Waals surface area contributed by atoms with Gasteiger partial charge in [0.15, 0.2) is 5.13 Å². The number of amides is 1. The van der Waals surface area contributed by atoms with E-state index in [2.05, 4.69) is 14.6 Å². The van der Waals surface area contributed by atoms with Gasteiger partial charge in [0.2, 0.25) is 5.91 Å². The van der Waals surface area contributed by atoms with Gasteiger partial charge in [-0.1, -0.05) is 35.4 Å². The maximum absolute atomic E-state index is 13.3. The molecule has 0 radical (unpaired) electrons. The highest BCUT2D eigenvalue weighted by atomic mass is 35.5. The smallest absolute Gasteiger partial charge is 0.263 e. The maximum atomic E-state index is 13.3. The molecular weight excluding hydrogens is 531 g/mol. The highest BCUT2D eigenvalue weighted by Gasteiger charge is 2.40. The van der Waals surface area contributed by atoms with Crippen molar-refractivity contribution >= 4 is 61.3 Å². The fraction of sp³-hybridized carbons (Fsp3) is 0.391. The van der Waals surface area contributed by atoms with Gasteiger partial charge in [0.25, 0.3) is 10.0 Å². The van der Waals surface area contributed by atoms with Crippen molar-refractivity contribution in [3.05, 3.63) is 58.1 Å². The number of halogens is 2. The molecule has 186 valence electrons. The van der Waals surface area contributed by atoms with Crippen LogP contribution >= 0.6 is 34.5 Å². The third kappa shape index (κ3) is 5.28. The fourth-order valence-electron chi connectivity index (χ4n) is 4.68.